The Morgan fingerprint density at radius 1 is 0.880 bits per heavy atom. The van der Waals surface area contributed by atoms with Crippen LogP contribution in [-0.4, -0.2) is 50.1 Å². The highest BCUT2D eigenvalue weighted by Gasteiger charge is 2.14. The molecule has 2 aromatic carbocycles. The van der Waals surface area contributed by atoms with E-state index in [1.807, 2.05) is 24.3 Å². The van der Waals surface area contributed by atoms with Crippen LogP contribution in [0.2, 0.25) is 0 Å². The second kappa shape index (κ2) is 8.88. The first-order valence-corrected chi connectivity index (χ1v) is 8.99. The molecular formula is C21H28N2O2. The summed E-state index contributed by atoms with van der Waals surface area (Å²) >= 11 is 0. The van der Waals surface area contributed by atoms with Crippen molar-refractivity contribution < 1.29 is 9.47 Å². The van der Waals surface area contributed by atoms with E-state index in [9.17, 15) is 0 Å². The van der Waals surface area contributed by atoms with Gasteiger partial charge in [-0.25, -0.2) is 0 Å². The van der Waals surface area contributed by atoms with Crippen LogP contribution in [0.1, 0.15) is 17.5 Å². The highest BCUT2D eigenvalue weighted by molar-refractivity contribution is 5.43. The molecule has 0 aromatic heterocycles. The van der Waals surface area contributed by atoms with Crippen LogP contribution in [0.25, 0.3) is 0 Å². The Hall–Kier alpha value is -2.04. The Labute approximate surface area is 151 Å². The first-order chi connectivity index (χ1) is 12.2. The zero-order chi connectivity index (χ0) is 17.5. The molecule has 0 unspecified atom stereocenters. The molecule has 0 saturated carbocycles. The van der Waals surface area contributed by atoms with Crippen molar-refractivity contribution in [1.82, 2.24) is 9.80 Å². The number of nitrogens with zero attached hydrogens (tertiary/aromatic N) is 2. The minimum absolute atomic E-state index is 0.551. The monoisotopic (exact) mass is 340 g/mol. The molecule has 0 aliphatic carbocycles. The molecule has 0 atom stereocenters. The Balaban J connectivity index is 1.66. The number of methoxy groups -OCH3 is 1. The van der Waals surface area contributed by atoms with E-state index in [4.69, 9.17) is 9.47 Å². The fraction of sp³-hybridized carbons (Fsp3) is 0.429. The molecule has 0 N–H and O–H groups in total. The Bertz CT molecular complexity index is 660. The molecule has 1 aliphatic heterocycles. The van der Waals surface area contributed by atoms with Crippen molar-refractivity contribution in [2.75, 3.05) is 40.3 Å². The van der Waals surface area contributed by atoms with E-state index in [1.165, 1.54) is 18.5 Å². The smallest absolute Gasteiger partial charge is 0.161 e. The number of hydrogen-bond donors (Lipinski definition) is 0. The van der Waals surface area contributed by atoms with E-state index < -0.39 is 0 Å². The Morgan fingerprint density at radius 3 is 2.52 bits per heavy atom. The standard InChI is InChI=1S/C21H28N2O2/c1-22-11-6-12-23(14-13-22)16-19-9-10-20(24-2)21(15-19)25-17-18-7-4-3-5-8-18/h3-5,7-10,15H,6,11-14,16-17H2,1-2H3. The van der Waals surface area contributed by atoms with E-state index in [0.29, 0.717) is 6.61 Å². The topological polar surface area (TPSA) is 24.9 Å². The van der Waals surface area contributed by atoms with Gasteiger partial charge >= 0.3 is 0 Å². The molecule has 2 aromatic rings. The maximum absolute atomic E-state index is 6.03. The number of ether oxygens (including phenoxy) is 2. The second-order valence-corrected chi connectivity index (χ2v) is 6.69. The summed E-state index contributed by atoms with van der Waals surface area (Å²) in [6, 6.07) is 16.5. The summed E-state index contributed by atoms with van der Waals surface area (Å²) in [6.07, 6.45) is 1.23. The largest absolute Gasteiger partial charge is 0.493 e. The molecule has 3 rings (SSSR count). The number of rotatable bonds is 6. The van der Waals surface area contributed by atoms with Gasteiger partial charge in [0.2, 0.25) is 0 Å². The lowest BCUT2D eigenvalue weighted by Crippen LogP contribution is -2.28. The number of likely N-dealkylation sites (N-methyl/N-ethyl adjacent to an activating group) is 1. The summed E-state index contributed by atoms with van der Waals surface area (Å²) in [4.78, 5) is 4.93. The molecule has 1 aliphatic rings. The Kier molecular flexibility index (Phi) is 6.31. The van der Waals surface area contributed by atoms with Crippen LogP contribution in [-0.2, 0) is 13.2 Å². The van der Waals surface area contributed by atoms with Gasteiger partial charge in [-0.3, -0.25) is 4.90 Å². The summed E-state index contributed by atoms with van der Waals surface area (Å²) in [5.41, 5.74) is 2.43. The highest BCUT2D eigenvalue weighted by Crippen LogP contribution is 2.29. The molecule has 1 heterocycles. The van der Waals surface area contributed by atoms with Crippen LogP contribution in [0.5, 0.6) is 11.5 Å². The normalized spacial score (nSPS) is 16.4. The third kappa shape index (κ3) is 5.21. The summed E-state index contributed by atoms with van der Waals surface area (Å²) in [6.45, 7) is 6.09. The lowest BCUT2D eigenvalue weighted by Gasteiger charge is -2.21. The Morgan fingerprint density at radius 2 is 1.72 bits per heavy atom. The van der Waals surface area contributed by atoms with Gasteiger partial charge in [0.1, 0.15) is 6.61 Å². The van der Waals surface area contributed by atoms with E-state index >= 15 is 0 Å². The van der Waals surface area contributed by atoms with Crippen molar-refractivity contribution in [3.63, 3.8) is 0 Å². The van der Waals surface area contributed by atoms with Gasteiger partial charge in [-0.2, -0.15) is 0 Å². The molecule has 134 valence electrons. The van der Waals surface area contributed by atoms with E-state index in [0.717, 1.165) is 43.2 Å². The number of benzene rings is 2. The summed E-state index contributed by atoms with van der Waals surface area (Å²) in [5, 5.41) is 0. The average Bonchev–Trinajstić information content (AvgIpc) is 2.85. The zero-order valence-electron chi connectivity index (χ0n) is 15.3. The van der Waals surface area contributed by atoms with Crippen LogP contribution >= 0.6 is 0 Å². The molecule has 4 nitrogen and oxygen atoms in total. The fourth-order valence-corrected chi connectivity index (χ4v) is 3.18. The predicted molar refractivity (Wildman–Crippen MR) is 101 cm³/mol. The van der Waals surface area contributed by atoms with Crippen LogP contribution in [0, 0.1) is 0 Å². The van der Waals surface area contributed by atoms with Gasteiger partial charge in [-0.1, -0.05) is 36.4 Å². The van der Waals surface area contributed by atoms with Gasteiger partial charge in [-0.05, 0) is 49.8 Å². The third-order valence-electron chi connectivity index (χ3n) is 4.68. The minimum atomic E-state index is 0.551. The maximum Gasteiger partial charge on any atom is 0.161 e. The maximum atomic E-state index is 6.03. The molecule has 0 spiro atoms. The summed E-state index contributed by atoms with van der Waals surface area (Å²) in [7, 11) is 3.89. The fourth-order valence-electron chi connectivity index (χ4n) is 3.18. The van der Waals surface area contributed by atoms with Gasteiger partial charge in [0.15, 0.2) is 11.5 Å². The van der Waals surface area contributed by atoms with Gasteiger partial charge in [0.25, 0.3) is 0 Å². The van der Waals surface area contributed by atoms with Crippen LogP contribution in [0.3, 0.4) is 0 Å². The van der Waals surface area contributed by atoms with E-state index in [-0.39, 0.29) is 0 Å². The molecule has 0 amide bonds. The SMILES string of the molecule is COc1ccc(CN2CCCN(C)CC2)cc1OCc1ccccc1. The van der Waals surface area contributed by atoms with Crippen molar-refractivity contribution in [1.29, 1.82) is 0 Å². The van der Waals surface area contributed by atoms with Crippen molar-refractivity contribution in [2.45, 2.75) is 19.6 Å². The zero-order valence-corrected chi connectivity index (χ0v) is 15.3. The molecule has 0 radical (unpaired) electrons. The van der Waals surface area contributed by atoms with Crippen molar-refractivity contribution in [3.8, 4) is 11.5 Å². The van der Waals surface area contributed by atoms with E-state index in [2.05, 4.69) is 41.1 Å². The average molecular weight is 340 g/mol. The predicted octanol–water partition coefficient (Wildman–Crippen LogP) is 3.41. The van der Waals surface area contributed by atoms with Gasteiger partial charge in [-0.15, -0.1) is 0 Å². The first-order valence-electron chi connectivity index (χ1n) is 8.99. The molecule has 25 heavy (non-hydrogen) atoms. The van der Waals surface area contributed by atoms with Crippen LogP contribution in [0.4, 0.5) is 0 Å². The lowest BCUT2D eigenvalue weighted by molar-refractivity contribution is 0.265. The summed E-state index contributed by atoms with van der Waals surface area (Å²) < 4.78 is 11.5. The minimum Gasteiger partial charge on any atom is -0.493 e. The number of hydrogen-bond acceptors (Lipinski definition) is 4. The second-order valence-electron chi connectivity index (χ2n) is 6.69. The van der Waals surface area contributed by atoms with Gasteiger partial charge in [0, 0.05) is 19.6 Å². The molecular weight excluding hydrogens is 312 g/mol. The van der Waals surface area contributed by atoms with Crippen LogP contribution < -0.4 is 9.47 Å². The van der Waals surface area contributed by atoms with Gasteiger partial charge < -0.3 is 14.4 Å². The molecule has 1 saturated heterocycles. The molecule has 1 fully saturated rings. The van der Waals surface area contributed by atoms with Crippen molar-refractivity contribution in [3.05, 3.63) is 59.7 Å². The van der Waals surface area contributed by atoms with Gasteiger partial charge in [0.05, 0.1) is 7.11 Å². The highest BCUT2D eigenvalue weighted by atomic mass is 16.5. The quantitative estimate of drug-likeness (QED) is 0.804. The van der Waals surface area contributed by atoms with Crippen LogP contribution in [0.15, 0.2) is 48.5 Å². The third-order valence-corrected chi connectivity index (χ3v) is 4.68. The lowest BCUT2D eigenvalue weighted by atomic mass is 10.1. The molecule has 0 bridgehead atoms. The molecule has 4 heteroatoms. The van der Waals surface area contributed by atoms with E-state index in [1.54, 1.807) is 7.11 Å². The first kappa shape index (κ1) is 17.8. The van der Waals surface area contributed by atoms with Crippen molar-refractivity contribution >= 4 is 0 Å². The van der Waals surface area contributed by atoms with Crippen molar-refractivity contribution in [2.24, 2.45) is 0 Å². The summed E-state index contributed by atoms with van der Waals surface area (Å²) in [5.74, 6) is 1.60.